The fraction of sp³-hybridized carbons (Fsp3) is 0.833. The van der Waals surface area contributed by atoms with Gasteiger partial charge in [-0.2, -0.15) is 0 Å². The van der Waals surface area contributed by atoms with Gasteiger partial charge in [-0.3, -0.25) is 43.2 Å². The second kappa shape index (κ2) is 45.1. The molecular weight excluding hydrogens is 947 g/mol. The van der Waals surface area contributed by atoms with Crippen LogP contribution in [0.2, 0.25) is 0 Å². The average Bonchev–Trinajstić information content (AvgIpc) is 3.36. The van der Waals surface area contributed by atoms with Crippen molar-refractivity contribution in [1.82, 2.24) is 16.0 Å². The van der Waals surface area contributed by atoms with Gasteiger partial charge in [-0.05, 0) is 70.1 Å². The number of Topliss-reactive ketones (excluding diaryl/α,β-unsaturated/α-hetero) is 3. The predicted octanol–water partition coefficient (Wildman–Crippen LogP) is 7.32. The molecule has 420 valence electrons. The van der Waals surface area contributed by atoms with Crippen LogP contribution in [-0.4, -0.2) is 141 Å². The lowest BCUT2D eigenvalue weighted by atomic mass is 9.78. The van der Waals surface area contributed by atoms with E-state index < -0.39 is 35.8 Å². The summed E-state index contributed by atoms with van der Waals surface area (Å²) in [5.41, 5.74) is 0. The van der Waals surface area contributed by atoms with E-state index in [1.165, 1.54) is 71.3 Å². The smallest absolute Gasteiger partial charge is 0.306 e. The lowest BCUT2D eigenvalue weighted by molar-refractivity contribution is -0.145. The molecule has 0 aromatic carbocycles. The van der Waals surface area contributed by atoms with Gasteiger partial charge in [0.2, 0.25) is 17.7 Å². The number of unbranched alkanes of at least 4 members (excludes halogenated alkanes) is 15. The second-order valence-electron chi connectivity index (χ2n) is 19.6. The molecule has 19 nitrogen and oxygen atoms in total. The number of ether oxygens (including phenoxy) is 4. The zero-order valence-corrected chi connectivity index (χ0v) is 44.2. The minimum absolute atomic E-state index is 0.000444. The highest BCUT2D eigenvalue weighted by Gasteiger charge is 2.31. The zero-order chi connectivity index (χ0) is 53.7. The molecule has 2 atom stereocenters. The number of rotatable bonds is 51. The van der Waals surface area contributed by atoms with E-state index in [-0.39, 0.29) is 132 Å². The molecule has 19 heteroatoms. The summed E-state index contributed by atoms with van der Waals surface area (Å²) in [5.74, 6) is -5.56. The lowest BCUT2D eigenvalue weighted by Gasteiger charge is -2.28. The minimum atomic E-state index is -1.19. The van der Waals surface area contributed by atoms with Crippen LogP contribution in [0, 0.1) is 17.8 Å². The summed E-state index contributed by atoms with van der Waals surface area (Å²) in [6.07, 6.45) is 22.0. The van der Waals surface area contributed by atoms with Gasteiger partial charge in [0.25, 0.3) is 0 Å². The third-order valence-electron chi connectivity index (χ3n) is 13.3. The van der Waals surface area contributed by atoms with Gasteiger partial charge in [0.15, 0.2) is 11.6 Å². The summed E-state index contributed by atoms with van der Waals surface area (Å²) < 4.78 is 21.3. The number of carbonyl (C=O) groups is 9. The van der Waals surface area contributed by atoms with Crippen molar-refractivity contribution in [2.24, 2.45) is 17.8 Å². The number of nitrogens with one attached hydrogen (secondary N) is 3. The number of aliphatic carboxylic acids is 3. The van der Waals surface area contributed by atoms with Crippen molar-refractivity contribution < 1.29 is 77.4 Å². The fourth-order valence-electron chi connectivity index (χ4n) is 8.78. The van der Waals surface area contributed by atoms with Crippen LogP contribution >= 0.6 is 0 Å². The molecule has 0 heterocycles. The van der Waals surface area contributed by atoms with Crippen molar-refractivity contribution in [3.05, 3.63) is 0 Å². The molecule has 6 N–H and O–H groups in total. The maximum atomic E-state index is 13.2. The molecule has 0 unspecified atom stereocenters. The van der Waals surface area contributed by atoms with Gasteiger partial charge < -0.3 is 50.2 Å². The Labute approximate surface area is 434 Å². The molecule has 1 fully saturated rings. The number of ketones is 3. The van der Waals surface area contributed by atoms with Gasteiger partial charge in [-0.15, -0.1) is 0 Å². The normalized spacial score (nSPS) is 15.2. The van der Waals surface area contributed by atoms with Crippen molar-refractivity contribution in [1.29, 1.82) is 0 Å². The van der Waals surface area contributed by atoms with Gasteiger partial charge in [0.05, 0.1) is 38.4 Å². The molecule has 0 aromatic heterocycles. The molecule has 1 aliphatic rings. The number of amides is 3. The van der Waals surface area contributed by atoms with Crippen molar-refractivity contribution in [3.8, 4) is 0 Å². The van der Waals surface area contributed by atoms with Gasteiger partial charge in [-0.25, -0.2) is 0 Å². The molecule has 1 rings (SSSR count). The number of hydrogen-bond donors (Lipinski definition) is 6. The Morgan fingerprint density at radius 3 is 1.49 bits per heavy atom. The van der Waals surface area contributed by atoms with Crippen LogP contribution in [0.4, 0.5) is 0 Å². The summed E-state index contributed by atoms with van der Waals surface area (Å²) in [6, 6.07) is -1.08. The molecule has 1 saturated carbocycles. The van der Waals surface area contributed by atoms with Crippen molar-refractivity contribution in [3.63, 3.8) is 0 Å². The van der Waals surface area contributed by atoms with Crippen LogP contribution < -0.4 is 16.0 Å². The summed E-state index contributed by atoms with van der Waals surface area (Å²) in [5, 5.41) is 35.9. The number of carbonyl (C=O) groups excluding carboxylic acids is 6. The summed E-state index contributed by atoms with van der Waals surface area (Å²) >= 11 is 0. The number of likely N-dealkylation sites (N-methyl/N-ethyl adjacent to an activating group) is 1. The summed E-state index contributed by atoms with van der Waals surface area (Å²) in [4.78, 5) is 109. The molecule has 0 radical (unpaired) electrons. The highest BCUT2D eigenvalue weighted by atomic mass is 16.5. The predicted molar refractivity (Wildman–Crippen MR) is 274 cm³/mol. The largest absolute Gasteiger partial charge is 0.481 e. The van der Waals surface area contributed by atoms with E-state index in [0.29, 0.717) is 51.9 Å². The molecule has 0 aromatic rings. The van der Waals surface area contributed by atoms with Gasteiger partial charge in [-0.1, -0.05) is 89.9 Å². The SMILES string of the molecule is CNC(=O)COCCOCCCC(=O)COCCOCCCC(=O)[C@H](CCC(=O)O)NC(=O)CC[C@H](CC(=O)C1CCC(CNC(=O)CCCCCCCCCCCCCCCCCCC(=O)O)CC1)C(=O)O. The van der Waals surface area contributed by atoms with E-state index in [4.69, 9.17) is 24.1 Å². The van der Waals surface area contributed by atoms with Gasteiger partial charge in [0.1, 0.15) is 19.0 Å². The van der Waals surface area contributed by atoms with Gasteiger partial charge >= 0.3 is 17.9 Å². The van der Waals surface area contributed by atoms with Crippen LogP contribution in [0.1, 0.15) is 199 Å². The highest BCUT2D eigenvalue weighted by Crippen LogP contribution is 2.31. The molecule has 0 bridgehead atoms. The maximum absolute atomic E-state index is 13.2. The Morgan fingerprint density at radius 2 is 0.973 bits per heavy atom. The molecular formula is C54H93N3O16. The molecule has 0 saturated heterocycles. The van der Waals surface area contributed by atoms with Crippen molar-refractivity contribution in [2.45, 2.75) is 205 Å². The number of carboxylic acid groups (broad SMARTS) is 3. The van der Waals surface area contributed by atoms with Crippen LogP contribution in [0.25, 0.3) is 0 Å². The van der Waals surface area contributed by atoms with Crippen molar-refractivity contribution >= 4 is 53.0 Å². The Morgan fingerprint density at radius 1 is 0.479 bits per heavy atom. The third-order valence-corrected chi connectivity index (χ3v) is 13.3. The van der Waals surface area contributed by atoms with Crippen LogP contribution in [-0.2, 0) is 62.1 Å². The lowest BCUT2D eigenvalue weighted by Crippen LogP contribution is -2.41. The van der Waals surface area contributed by atoms with E-state index in [9.17, 15) is 53.4 Å². The molecule has 73 heavy (non-hydrogen) atoms. The summed E-state index contributed by atoms with van der Waals surface area (Å²) in [7, 11) is 1.52. The molecule has 3 amide bonds. The topological polar surface area (TPSA) is 287 Å². The Balaban J connectivity index is 2.20. The summed E-state index contributed by atoms with van der Waals surface area (Å²) in [6.45, 7) is 1.92. The first-order valence-corrected chi connectivity index (χ1v) is 27.5. The fourth-order valence-corrected chi connectivity index (χ4v) is 8.78. The van der Waals surface area contributed by atoms with E-state index in [1.807, 2.05) is 0 Å². The Kier molecular flexibility index (Phi) is 41.2. The van der Waals surface area contributed by atoms with Crippen LogP contribution in [0.5, 0.6) is 0 Å². The first kappa shape index (κ1) is 66.7. The molecule has 0 aliphatic heterocycles. The van der Waals surface area contributed by atoms with E-state index in [2.05, 4.69) is 16.0 Å². The Hall–Kier alpha value is -4.33. The monoisotopic (exact) mass is 1040 g/mol. The van der Waals surface area contributed by atoms with Crippen LogP contribution in [0.3, 0.4) is 0 Å². The average molecular weight is 1040 g/mol. The zero-order valence-electron chi connectivity index (χ0n) is 44.2. The van der Waals surface area contributed by atoms with E-state index in [0.717, 1.165) is 51.4 Å². The molecule has 0 spiro atoms. The number of hydrogen-bond acceptors (Lipinski definition) is 13. The Bertz CT molecular complexity index is 1570. The third kappa shape index (κ3) is 39.8. The van der Waals surface area contributed by atoms with Crippen molar-refractivity contribution in [2.75, 3.05) is 66.4 Å². The first-order valence-electron chi connectivity index (χ1n) is 27.5. The van der Waals surface area contributed by atoms with E-state index in [1.54, 1.807) is 0 Å². The molecule has 1 aliphatic carbocycles. The van der Waals surface area contributed by atoms with E-state index >= 15 is 0 Å². The van der Waals surface area contributed by atoms with Crippen LogP contribution in [0.15, 0.2) is 0 Å². The minimum Gasteiger partial charge on any atom is -0.481 e. The quantitative estimate of drug-likeness (QED) is 0.0325. The second-order valence-corrected chi connectivity index (χ2v) is 19.6. The first-order chi connectivity index (χ1) is 35.2. The van der Waals surface area contributed by atoms with Gasteiger partial charge in [0, 0.05) is 77.7 Å². The highest BCUT2D eigenvalue weighted by molar-refractivity contribution is 5.90. The maximum Gasteiger partial charge on any atom is 0.306 e. The standard InChI is InChI=1S/C54H93N3O16/c1-55-51(63)41-73-37-35-70-32-18-20-45(58)40-72-36-34-71-33-19-21-47(59)46(29-31-53(66)67)57-50(62)30-28-44(54(68)69)38-48(60)43-26-24-42(25-27-43)39-56-49(61)22-16-14-12-10-8-6-4-2-3-5-7-9-11-13-15-17-23-52(64)65/h42-44,46H,2-41H2,1H3,(H,55,63)(H,56,61)(H,57,62)(H,64,65)(H,66,67)(H,68,69)/t42?,43?,44-,46+/m1/s1. The number of carboxylic acids is 3.